The number of carboxylic acids is 1. The molecule has 0 saturated carbocycles. The number of imidazole rings is 1. The lowest BCUT2D eigenvalue weighted by molar-refractivity contribution is -0.137. The second-order valence-electron chi connectivity index (χ2n) is 4.25. The van der Waals surface area contributed by atoms with Gasteiger partial charge in [-0.2, -0.15) is 0 Å². The summed E-state index contributed by atoms with van der Waals surface area (Å²) in [6.07, 6.45) is 5.70. The van der Waals surface area contributed by atoms with E-state index < -0.39 is 5.97 Å². The summed E-state index contributed by atoms with van der Waals surface area (Å²) in [6.45, 7) is 2.15. The molecule has 1 fully saturated rings. The molecule has 6 heteroatoms. The molecule has 17 heavy (non-hydrogen) atoms. The number of carboxylic acid groups (broad SMARTS) is 1. The van der Waals surface area contributed by atoms with E-state index in [-0.39, 0.29) is 18.6 Å². The average Bonchev–Trinajstić information content (AvgIpc) is 2.94. The molecule has 2 atom stereocenters. The van der Waals surface area contributed by atoms with Crippen LogP contribution in [0.1, 0.15) is 12.5 Å². The fourth-order valence-electron chi connectivity index (χ4n) is 2.25. The Morgan fingerprint density at radius 3 is 3.00 bits per heavy atom. The maximum atomic E-state index is 10.5. The molecule has 1 aliphatic heterocycles. The molecular formula is C11H17N3O3. The number of rotatable bonds is 5. The van der Waals surface area contributed by atoms with E-state index in [4.69, 9.17) is 9.84 Å². The normalized spacial score (nSPS) is 25.2. The Labute approximate surface area is 99.8 Å². The lowest BCUT2D eigenvalue weighted by Crippen LogP contribution is -2.25. The first kappa shape index (κ1) is 12.1. The Bertz CT molecular complexity index is 366. The molecule has 0 spiro atoms. The topological polar surface area (TPSA) is 67.6 Å². The van der Waals surface area contributed by atoms with Crippen LogP contribution >= 0.6 is 0 Å². The summed E-state index contributed by atoms with van der Waals surface area (Å²) in [5.74, 6) is -0.759. The molecule has 2 rings (SSSR count). The van der Waals surface area contributed by atoms with Crippen molar-refractivity contribution in [1.82, 2.24) is 14.5 Å². The van der Waals surface area contributed by atoms with Gasteiger partial charge >= 0.3 is 5.97 Å². The highest BCUT2D eigenvalue weighted by Crippen LogP contribution is 2.24. The van der Waals surface area contributed by atoms with Gasteiger partial charge in [-0.05, 0) is 0 Å². The highest BCUT2D eigenvalue weighted by atomic mass is 16.5. The van der Waals surface area contributed by atoms with Crippen molar-refractivity contribution in [2.45, 2.75) is 18.6 Å². The van der Waals surface area contributed by atoms with Crippen molar-refractivity contribution in [2.75, 3.05) is 26.7 Å². The number of carbonyl (C=O) groups is 1. The van der Waals surface area contributed by atoms with E-state index in [0.717, 1.165) is 13.1 Å². The number of likely N-dealkylation sites (tertiary alicyclic amines) is 1. The molecule has 0 unspecified atom stereocenters. The van der Waals surface area contributed by atoms with Gasteiger partial charge < -0.3 is 14.4 Å². The standard InChI is InChI=1S/C11H17N3O3/c1-17-10-7-13(4-2-11(15)16)6-9(10)14-5-3-12-8-14/h3,5,8-10H,2,4,6-7H2,1H3,(H,15,16)/t9-,10+/m0/s1. The molecule has 6 nitrogen and oxygen atoms in total. The summed E-state index contributed by atoms with van der Waals surface area (Å²) >= 11 is 0. The van der Waals surface area contributed by atoms with Crippen molar-refractivity contribution >= 4 is 5.97 Å². The molecule has 1 aliphatic rings. The van der Waals surface area contributed by atoms with Crippen molar-refractivity contribution < 1.29 is 14.6 Å². The average molecular weight is 239 g/mol. The predicted molar refractivity (Wildman–Crippen MR) is 60.8 cm³/mol. The largest absolute Gasteiger partial charge is 0.481 e. The van der Waals surface area contributed by atoms with Gasteiger partial charge in [0.2, 0.25) is 0 Å². The number of ether oxygens (including phenoxy) is 1. The molecule has 0 amide bonds. The lowest BCUT2D eigenvalue weighted by Gasteiger charge is -2.17. The summed E-state index contributed by atoms with van der Waals surface area (Å²) in [5, 5.41) is 8.67. The summed E-state index contributed by atoms with van der Waals surface area (Å²) in [6, 6.07) is 0.219. The fourth-order valence-corrected chi connectivity index (χ4v) is 2.25. The van der Waals surface area contributed by atoms with Gasteiger partial charge in [0.15, 0.2) is 0 Å². The molecule has 1 aromatic heterocycles. The number of hydrogen-bond acceptors (Lipinski definition) is 4. The van der Waals surface area contributed by atoms with Crippen molar-refractivity contribution in [2.24, 2.45) is 0 Å². The first-order valence-electron chi connectivity index (χ1n) is 5.65. The number of methoxy groups -OCH3 is 1. The molecule has 0 aromatic carbocycles. The summed E-state index contributed by atoms with van der Waals surface area (Å²) in [5.41, 5.74) is 0. The number of nitrogens with zero attached hydrogens (tertiary/aromatic N) is 3. The third-order valence-corrected chi connectivity index (χ3v) is 3.17. The van der Waals surface area contributed by atoms with Gasteiger partial charge in [0.25, 0.3) is 0 Å². The van der Waals surface area contributed by atoms with E-state index in [1.54, 1.807) is 19.6 Å². The summed E-state index contributed by atoms with van der Waals surface area (Å²) in [7, 11) is 1.69. The Morgan fingerprint density at radius 1 is 1.59 bits per heavy atom. The SMILES string of the molecule is CO[C@@H]1CN(CCC(=O)O)C[C@@H]1n1ccnc1. The van der Waals surface area contributed by atoms with Crippen LogP contribution in [0, 0.1) is 0 Å². The van der Waals surface area contributed by atoms with Crippen molar-refractivity contribution in [1.29, 1.82) is 0 Å². The molecule has 94 valence electrons. The smallest absolute Gasteiger partial charge is 0.304 e. The number of aliphatic carboxylic acids is 1. The number of hydrogen-bond donors (Lipinski definition) is 1. The highest BCUT2D eigenvalue weighted by molar-refractivity contribution is 5.66. The second-order valence-corrected chi connectivity index (χ2v) is 4.25. The van der Waals surface area contributed by atoms with Crippen molar-refractivity contribution in [3.05, 3.63) is 18.7 Å². The Morgan fingerprint density at radius 2 is 2.41 bits per heavy atom. The molecule has 0 radical (unpaired) electrons. The van der Waals surface area contributed by atoms with Gasteiger partial charge in [-0.1, -0.05) is 0 Å². The predicted octanol–water partition coefficient (Wildman–Crippen LogP) is 0.230. The first-order chi connectivity index (χ1) is 8.20. The van der Waals surface area contributed by atoms with Crippen LogP contribution in [0.4, 0.5) is 0 Å². The maximum Gasteiger partial charge on any atom is 0.304 e. The molecule has 0 bridgehead atoms. The lowest BCUT2D eigenvalue weighted by atomic mass is 10.2. The van der Waals surface area contributed by atoms with E-state index in [0.29, 0.717) is 6.54 Å². The molecule has 1 aromatic rings. The van der Waals surface area contributed by atoms with E-state index in [2.05, 4.69) is 9.88 Å². The fraction of sp³-hybridized carbons (Fsp3) is 0.636. The zero-order valence-electron chi connectivity index (χ0n) is 9.82. The molecule has 1 saturated heterocycles. The van der Waals surface area contributed by atoms with Crippen LogP contribution in [0.25, 0.3) is 0 Å². The van der Waals surface area contributed by atoms with Crippen molar-refractivity contribution in [3.8, 4) is 0 Å². The molecule has 0 aliphatic carbocycles. The van der Waals surface area contributed by atoms with E-state index in [1.807, 2.05) is 10.8 Å². The Balaban J connectivity index is 1.96. The third kappa shape index (κ3) is 2.83. The van der Waals surface area contributed by atoms with Crippen LogP contribution in [0.15, 0.2) is 18.7 Å². The first-order valence-corrected chi connectivity index (χ1v) is 5.65. The monoisotopic (exact) mass is 239 g/mol. The van der Waals surface area contributed by atoms with Crippen LogP contribution in [0.5, 0.6) is 0 Å². The van der Waals surface area contributed by atoms with Gasteiger partial charge in [-0.25, -0.2) is 4.98 Å². The van der Waals surface area contributed by atoms with Gasteiger partial charge in [-0.15, -0.1) is 0 Å². The van der Waals surface area contributed by atoms with E-state index >= 15 is 0 Å². The molecule has 2 heterocycles. The zero-order valence-corrected chi connectivity index (χ0v) is 9.82. The minimum atomic E-state index is -0.759. The van der Waals surface area contributed by atoms with Crippen LogP contribution in [0.3, 0.4) is 0 Å². The van der Waals surface area contributed by atoms with Gasteiger partial charge in [0.05, 0.1) is 24.9 Å². The van der Waals surface area contributed by atoms with Gasteiger partial charge in [0, 0.05) is 39.1 Å². The Kier molecular flexibility index (Phi) is 3.75. The molecule has 1 N–H and O–H groups in total. The minimum Gasteiger partial charge on any atom is -0.481 e. The van der Waals surface area contributed by atoms with Crippen LogP contribution in [-0.4, -0.2) is 58.4 Å². The van der Waals surface area contributed by atoms with Gasteiger partial charge in [0.1, 0.15) is 0 Å². The Hall–Kier alpha value is -1.40. The summed E-state index contributed by atoms with van der Waals surface area (Å²) < 4.78 is 7.47. The van der Waals surface area contributed by atoms with E-state index in [9.17, 15) is 4.79 Å². The quantitative estimate of drug-likeness (QED) is 0.796. The van der Waals surface area contributed by atoms with E-state index in [1.165, 1.54) is 0 Å². The van der Waals surface area contributed by atoms with Crippen molar-refractivity contribution in [3.63, 3.8) is 0 Å². The second kappa shape index (κ2) is 5.29. The highest BCUT2D eigenvalue weighted by Gasteiger charge is 2.33. The van der Waals surface area contributed by atoms with Crippen LogP contribution < -0.4 is 0 Å². The molecular weight excluding hydrogens is 222 g/mol. The minimum absolute atomic E-state index is 0.0954. The summed E-state index contributed by atoms with van der Waals surface area (Å²) in [4.78, 5) is 16.7. The van der Waals surface area contributed by atoms with Crippen LogP contribution in [0.2, 0.25) is 0 Å². The maximum absolute atomic E-state index is 10.5. The number of aromatic nitrogens is 2. The zero-order chi connectivity index (χ0) is 12.3. The van der Waals surface area contributed by atoms with Gasteiger partial charge in [-0.3, -0.25) is 9.69 Å². The van der Waals surface area contributed by atoms with Crippen LogP contribution in [-0.2, 0) is 9.53 Å². The third-order valence-electron chi connectivity index (χ3n) is 3.17.